The topological polar surface area (TPSA) is 71.1 Å². The van der Waals surface area contributed by atoms with Crippen molar-refractivity contribution in [1.29, 1.82) is 0 Å². The Bertz CT molecular complexity index is 923. The van der Waals surface area contributed by atoms with Crippen LogP contribution in [0.25, 0.3) is 0 Å². The Morgan fingerprint density at radius 3 is 2.79 bits per heavy atom. The number of ether oxygens (including phenoxy) is 1. The van der Waals surface area contributed by atoms with Crippen LogP contribution in [-0.4, -0.2) is 32.5 Å². The lowest BCUT2D eigenvalue weighted by Gasteiger charge is -2.29. The predicted octanol–water partition coefficient (Wildman–Crippen LogP) is 3.45. The van der Waals surface area contributed by atoms with Crippen molar-refractivity contribution in [3.8, 4) is 5.88 Å². The van der Waals surface area contributed by atoms with E-state index in [4.69, 9.17) is 4.74 Å². The number of hydrogen-bond acceptors (Lipinski definition) is 5. The molecule has 0 radical (unpaired) electrons. The molecule has 4 rings (SSSR count). The number of hydrogen-bond donors (Lipinski definition) is 1. The molecule has 0 bridgehead atoms. The van der Waals surface area contributed by atoms with Gasteiger partial charge in [0.05, 0.1) is 11.3 Å². The zero-order valence-electron chi connectivity index (χ0n) is 16.0. The molecule has 156 valence electrons. The van der Waals surface area contributed by atoms with E-state index < -0.39 is 17.6 Å². The summed E-state index contributed by atoms with van der Waals surface area (Å²) in [6.07, 6.45) is 3.10. The lowest BCUT2D eigenvalue weighted by molar-refractivity contribution is -0.145. The Labute approximate surface area is 166 Å². The molecule has 3 heterocycles. The molecule has 6 nitrogen and oxygen atoms in total. The molecule has 1 aliphatic heterocycles. The van der Waals surface area contributed by atoms with Crippen molar-refractivity contribution >= 4 is 0 Å². The highest BCUT2D eigenvalue weighted by Gasteiger charge is 2.36. The minimum atomic E-state index is -4.66. The van der Waals surface area contributed by atoms with E-state index in [1.54, 1.807) is 6.20 Å². The van der Waals surface area contributed by atoms with Crippen molar-refractivity contribution < 1.29 is 17.9 Å². The molecule has 0 atom stereocenters. The van der Waals surface area contributed by atoms with Gasteiger partial charge in [0.25, 0.3) is 5.56 Å². The van der Waals surface area contributed by atoms with Gasteiger partial charge in [0.2, 0.25) is 11.7 Å². The number of halogens is 3. The fourth-order valence-corrected chi connectivity index (χ4v) is 3.98. The van der Waals surface area contributed by atoms with Crippen LogP contribution < -0.4 is 10.3 Å². The number of aromatic nitrogens is 3. The second kappa shape index (κ2) is 8.14. The Morgan fingerprint density at radius 2 is 2.03 bits per heavy atom. The molecule has 1 N–H and O–H groups in total. The van der Waals surface area contributed by atoms with Crippen LogP contribution >= 0.6 is 0 Å². The first-order chi connectivity index (χ1) is 13.9. The quantitative estimate of drug-likeness (QED) is 0.839. The van der Waals surface area contributed by atoms with Crippen molar-refractivity contribution in [3.05, 3.63) is 51.3 Å². The second-order valence-electron chi connectivity index (χ2n) is 7.64. The molecular weight excluding hydrogens is 385 g/mol. The minimum absolute atomic E-state index is 0.173. The number of nitrogens with zero attached hydrogens (tertiary/aromatic N) is 3. The number of pyridine rings is 1. The van der Waals surface area contributed by atoms with Gasteiger partial charge in [-0.2, -0.15) is 13.2 Å². The molecule has 0 spiro atoms. The summed E-state index contributed by atoms with van der Waals surface area (Å²) in [4.78, 5) is 24.1. The smallest absolute Gasteiger partial charge is 0.449 e. The van der Waals surface area contributed by atoms with E-state index >= 15 is 0 Å². The average molecular weight is 408 g/mol. The largest absolute Gasteiger partial charge is 0.474 e. The van der Waals surface area contributed by atoms with Crippen molar-refractivity contribution in [2.24, 2.45) is 0 Å². The molecule has 0 saturated heterocycles. The first-order valence-electron chi connectivity index (χ1n) is 9.92. The van der Waals surface area contributed by atoms with Crippen LogP contribution in [-0.2, 0) is 25.7 Å². The number of rotatable bonds is 4. The predicted molar refractivity (Wildman–Crippen MR) is 99.4 cm³/mol. The molecule has 1 aliphatic carbocycles. The zero-order valence-corrected chi connectivity index (χ0v) is 16.0. The van der Waals surface area contributed by atoms with Gasteiger partial charge in [-0.3, -0.25) is 9.69 Å². The molecule has 0 unspecified atom stereocenters. The molecule has 0 aromatic carbocycles. The van der Waals surface area contributed by atoms with Crippen LogP contribution in [0.4, 0.5) is 13.2 Å². The first kappa shape index (κ1) is 19.9. The van der Waals surface area contributed by atoms with Crippen LogP contribution in [0.1, 0.15) is 54.7 Å². The van der Waals surface area contributed by atoms with Gasteiger partial charge < -0.3 is 9.72 Å². The van der Waals surface area contributed by atoms with Crippen molar-refractivity contribution in [2.45, 2.75) is 63.9 Å². The summed E-state index contributed by atoms with van der Waals surface area (Å²) in [6, 6.07) is 3.78. The van der Waals surface area contributed by atoms with E-state index in [1.165, 1.54) is 6.42 Å². The standard InChI is InChI=1S/C20H23F3N4O2/c21-20(22,23)19-25-16-8-10-27(12-15(16)17(28)26-19)11-13-5-4-9-24-18(13)29-14-6-2-1-3-7-14/h4-5,9,14H,1-3,6-8,10-12H2,(H,25,26,28). The van der Waals surface area contributed by atoms with Crippen LogP contribution in [0.15, 0.2) is 23.1 Å². The third-order valence-corrected chi connectivity index (χ3v) is 5.49. The van der Waals surface area contributed by atoms with Crippen molar-refractivity contribution in [3.63, 3.8) is 0 Å². The van der Waals surface area contributed by atoms with Crippen LogP contribution in [0, 0.1) is 0 Å². The lowest BCUT2D eigenvalue weighted by atomic mass is 9.98. The van der Waals surface area contributed by atoms with Gasteiger partial charge in [-0.15, -0.1) is 0 Å². The summed E-state index contributed by atoms with van der Waals surface area (Å²) in [7, 11) is 0. The molecular formula is C20H23F3N4O2. The Hall–Kier alpha value is -2.42. The maximum absolute atomic E-state index is 12.9. The SMILES string of the molecule is O=c1[nH]c(C(F)(F)F)nc2c1CN(Cc1cccnc1OC1CCCCC1)CC2. The molecule has 1 saturated carbocycles. The number of fused-ring (bicyclic) bond motifs is 1. The summed E-state index contributed by atoms with van der Waals surface area (Å²) in [6.45, 7) is 1.27. The van der Waals surface area contributed by atoms with E-state index in [1.807, 2.05) is 22.0 Å². The van der Waals surface area contributed by atoms with Crippen LogP contribution in [0.2, 0.25) is 0 Å². The molecule has 1 fully saturated rings. The zero-order chi connectivity index (χ0) is 20.4. The molecule has 2 aromatic rings. The molecule has 2 aromatic heterocycles. The van der Waals surface area contributed by atoms with Gasteiger partial charge in [-0.25, -0.2) is 9.97 Å². The molecule has 29 heavy (non-hydrogen) atoms. The third kappa shape index (κ3) is 4.60. The highest BCUT2D eigenvalue weighted by molar-refractivity contribution is 5.27. The van der Waals surface area contributed by atoms with Gasteiger partial charge in [-0.1, -0.05) is 12.5 Å². The number of aromatic amines is 1. The van der Waals surface area contributed by atoms with Gasteiger partial charge >= 0.3 is 6.18 Å². The number of alkyl halides is 3. The van der Waals surface area contributed by atoms with E-state index in [0.717, 1.165) is 31.2 Å². The van der Waals surface area contributed by atoms with Gasteiger partial charge in [0.15, 0.2) is 0 Å². The summed E-state index contributed by atoms with van der Waals surface area (Å²) in [5.41, 5.74) is 0.708. The highest BCUT2D eigenvalue weighted by atomic mass is 19.4. The van der Waals surface area contributed by atoms with E-state index in [9.17, 15) is 18.0 Å². The number of nitrogens with one attached hydrogen (secondary N) is 1. The Morgan fingerprint density at radius 1 is 1.24 bits per heavy atom. The fourth-order valence-electron chi connectivity index (χ4n) is 3.98. The Balaban J connectivity index is 1.49. The van der Waals surface area contributed by atoms with Gasteiger partial charge in [-0.05, 0) is 31.7 Å². The van der Waals surface area contributed by atoms with E-state index in [0.29, 0.717) is 31.0 Å². The summed E-state index contributed by atoms with van der Waals surface area (Å²) in [5, 5.41) is 0. The molecule has 0 amide bonds. The minimum Gasteiger partial charge on any atom is -0.474 e. The summed E-state index contributed by atoms with van der Waals surface area (Å²) >= 11 is 0. The van der Waals surface area contributed by atoms with Gasteiger partial charge in [0, 0.05) is 37.8 Å². The maximum atomic E-state index is 12.9. The average Bonchev–Trinajstić information content (AvgIpc) is 2.70. The summed E-state index contributed by atoms with van der Waals surface area (Å²) < 4.78 is 44.8. The maximum Gasteiger partial charge on any atom is 0.449 e. The fraction of sp³-hybridized carbons (Fsp3) is 0.550. The molecule has 2 aliphatic rings. The summed E-state index contributed by atoms with van der Waals surface area (Å²) in [5.74, 6) is -0.630. The second-order valence-corrected chi connectivity index (χ2v) is 7.64. The molecule has 9 heteroatoms. The monoisotopic (exact) mass is 408 g/mol. The highest BCUT2D eigenvalue weighted by Crippen LogP contribution is 2.28. The van der Waals surface area contributed by atoms with Crippen molar-refractivity contribution in [2.75, 3.05) is 6.54 Å². The van der Waals surface area contributed by atoms with Gasteiger partial charge in [0.1, 0.15) is 6.10 Å². The van der Waals surface area contributed by atoms with Crippen LogP contribution in [0.5, 0.6) is 5.88 Å². The first-order valence-corrected chi connectivity index (χ1v) is 9.92. The van der Waals surface area contributed by atoms with Crippen molar-refractivity contribution in [1.82, 2.24) is 19.9 Å². The van der Waals surface area contributed by atoms with E-state index in [-0.39, 0.29) is 18.3 Å². The normalized spacial score (nSPS) is 18.4. The third-order valence-electron chi connectivity index (χ3n) is 5.49. The number of H-pyrrole nitrogens is 1. The van der Waals surface area contributed by atoms with E-state index in [2.05, 4.69) is 9.97 Å². The Kier molecular flexibility index (Phi) is 5.58. The lowest BCUT2D eigenvalue weighted by Crippen LogP contribution is -2.36. The van der Waals surface area contributed by atoms with Crippen LogP contribution in [0.3, 0.4) is 0 Å².